The number of aromatic amines is 1. The summed E-state index contributed by atoms with van der Waals surface area (Å²) < 4.78 is 0. The van der Waals surface area contributed by atoms with Crippen LogP contribution in [0.25, 0.3) is 10.9 Å². The molecule has 24 heavy (non-hydrogen) atoms. The van der Waals surface area contributed by atoms with Crippen LogP contribution in [-0.2, 0) is 22.4 Å². The molecule has 5 nitrogen and oxygen atoms in total. The zero-order valence-corrected chi connectivity index (χ0v) is 13.0. The van der Waals surface area contributed by atoms with Crippen molar-refractivity contribution in [2.75, 3.05) is 0 Å². The highest BCUT2D eigenvalue weighted by atomic mass is 16.4. The van der Waals surface area contributed by atoms with Crippen molar-refractivity contribution in [1.82, 2.24) is 10.3 Å². The van der Waals surface area contributed by atoms with Crippen molar-refractivity contribution in [3.63, 3.8) is 0 Å². The average Bonchev–Trinajstić information content (AvgIpc) is 2.98. The second kappa shape index (κ2) is 7.00. The molecule has 1 unspecified atom stereocenters. The van der Waals surface area contributed by atoms with Gasteiger partial charge in [0.25, 0.3) is 0 Å². The lowest BCUT2D eigenvalue weighted by molar-refractivity contribution is -0.141. The maximum atomic E-state index is 12.1. The van der Waals surface area contributed by atoms with E-state index in [1.165, 1.54) is 0 Å². The number of H-pyrrole nitrogens is 1. The van der Waals surface area contributed by atoms with Gasteiger partial charge in [0.1, 0.15) is 6.04 Å². The summed E-state index contributed by atoms with van der Waals surface area (Å²) in [5, 5.41) is 13.0. The Morgan fingerprint density at radius 2 is 1.75 bits per heavy atom. The molecule has 0 saturated carbocycles. The lowest BCUT2D eigenvalue weighted by Crippen LogP contribution is -2.43. The van der Waals surface area contributed by atoms with Crippen LogP contribution in [0, 0.1) is 0 Å². The Labute approximate surface area is 139 Å². The van der Waals surface area contributed by atoms with Crippen molar-refractivity contribution in [2.24, 2.45) is 0 Å². The minimum Gasteiger partial charge on any atom is -0.480 e. The van der Waals surface area contributed by atoms with Gasteiger partial charge >= 0.3 is 5.97 Å². The normalized spacial score (nSPS) is 12.0. The molecule has 3 aromatic rings. The van der Waals surface area contributed by atoms with E-state index >= 15 is 0 Å². The van der Waals surface area contributed by atoms with Gasteiger partial charge in [-0.25, -0.2) is 4.79 Å². The predicted molar refractivity (Wildman–Crippen MR) is 91.7 cm³/mol. The van der Waals surface area contributed by atoms with Gasteiger partial charge in [0.2, 0.25) is 5.91 Å². The molecule has 0 radical (unpaired) electrons. The minimum atomic E-state index is -1.04. The summed E-state index contributed by atoms with van der Waals surface area (Å²) in [5.74, 6) is -1.34. The number of para-hydroxylation sites is 1. The van der Waals surface area contributed by atoms with Gasteiger partial charge in [0.15, 0.2) is 0 Å². The topological polar surface area (TPSA) is 82.2 Å². The number of carbonyl (C=O) groups is 2. The molecule has 1 aromatic heterocycles. The second-order valence-corrected chi connectivity index (χ2v) is 5.68. The molecular formula is C19H18N2O3. The lowest BCUT2D eigenvalue weighted by atomic mass is 10.0. The van der Waals surface area contributed by atoms with Crippen molar-refractivity contribution in [1.29, 1.82) is 0 Å². The number of carbonyl (C=O) groups excluding carboxylic acids is 1. The first kappa shape index (κ1) is 15.8. The second-order valence-electron chi connectivity index (χ2n) is 5.68. The molecule has 3 rings (SSSR count). The summed E-state index contributed by atoms with van der Waals surface area (Å²) in [6, 6.07) is 16.0. The zero-order chi connectivity index (χ0) is 16.9. The molecule has 5 heteroatoms. The van der Waals surface area contributed by atoms with Gasteiger partial charge in [0.05, 0.1) is 6.42 Å². The van der Waals surface area contributed by atoms with E-state index in [1.807, 2.05) is 54.6 Å². The molecule has 0 spiro atoms. The third kappa shape index (κ3) is 3.63. The van der Waals surface area contributed by atoms with Gasteiger partial charge in [-0.2, -0.15) is 0 Å². The van der Waals surface area contributed by atoms with Crippen LogP contribution in [0.4, 0.5) is 0 Å². The maximum absolute atomic E-state index is 12.1. The van der Waals surface area contributed by atoms with E-state index in [9.17, 15) is 14.7 Å². The molecule has 122 valence electrons. The first-order chi connectivity index (χ1) is 11.6. The van der Waals surface area contributed by atoms with Crippen molar-refractivity contribution in [2.45, 2.75) is 18.9 Å². The SMILES string of the molecule is O=C(Cc1ccccc1)NC(Cc1c[nH]c2ccccc12)C(=O)O. The summed E-state index contributed by atoms with van der Waals surface area (Å²) in [4.78, 5) is 26.8. The minimum absolute atomic E-state index is 0.165. The van der Waals surface area contributed by atoms with Crippen molar-refractivity contribution >= 4 is 22.8 Å². The highest BCUT2D eigenvalue weighted by Gasteiger charge is 2.21. The molecule has 1 amide bonds. The van der Waals surface area contributed by atoms with Crippen LogP contribution in [0.3, 0.4) is 0 Å². The fourth-order valence-electron chi connectivity index (χ4n) is 2.75. The van der Waals surface area contributed by atoms with Gasteiger partial charge in [-0.05, 0) is 17.2 Å². The fourth-order valence-corrected chi connectivity index (χ4v) is 2.75. The van der Waals surface area contributed by atoms with Crippen LogP contribution in [0.5, 0.6) is 0 Å². The summed E-state index contributed by atoms with van der Waals surface area (Å²) in [5.41, 5.74) is 2.68. The Kier molecular flexibility index (Phi) is 4.61. The van der Waals surface area contributed by atoms with Crippen molar-refractivity contribution in [3.8, 4) is 0 Å². The molecule has 0 fully saturated rings. The molecule has 3 N–H and O–H groups in total. The van der Waals surface area contributed by atoms with Gasteiger partial charge in [-0.1, -0.05) is 48.5 Å². The number of hydrogen-bond donors (Lipinski definition) is 3. The van der Waals surface area contributed by atoms with Crippen LogP contribution < -0.4 is 5.32 Å². The number of aliphatic carboxylic acids is 1. The molecule has 1 atom stereocenters. The van der Waals surface area contributed by atoms with Crippen LogP contribution in [0.15, 0.2) is 60.8 Å². The highest BCUT2D eigenvalue weighted by molar-refractivity contribution is 5.87. The van der Waals surface area contributed by atoms with E-state index in [4.69, 9.17) is 0 Å². The number of hydrogen-bond acceptors (Lipinski definition) is 2. The number of rotatable bonds is 6. The number of amides is 1. The van der Waals surface area contributed by atoms with Crippen LogP contribution in [0.2, 0.25) is 0 Å². The number of aromatic nitrogens is 1. The fraction of sp³-hybridized carbons (Fsp3) is 0.158. The molecule has 0 saturated heterocycles. The van der Waals surface area contributed by atoms with E-state index in [2.05, 4.69) is 10.3 Å². The standard InChI is InChI=1S/C19H18N2O3/c22-18(10-13-6-2-1-3-7-13)21-17(19(23)24)11-14-12-20-16-9-5-4-8-15(14)16/h1-9,12,17,20H,10-11H2,(H,21,22)(H,23,24). The summed E-state index contributed by atoms with van der Waals surface area (Å²) in [6.07, 6.45) is 2.20. The maximum Gasteiger partial charge on any atom is 0.326 e. The quantitative estimate of drug-likeness (QED) is 0.652. The van der Waals surface area contributed by atoms with Crippen molar-refractivity contribution < 1.29 is 14.7 Å². The molecule has 1 heterocycles. The number of carboxylic acids is 1. The Morgan fingerprint density at radius 3 is 2.50 bits per heavy atom. The number of carboxylic acid groups (broad SMARTS) is 1. The van der Waals surface area contributed by atoms with Crippen LogP contribution in [-0.4, -0.2) is 28.0 Å². The zero-order valence-electron chi connectivity index (χ0n) is 13.0. The third-order valence-electron chi connectivity index (χ3n) is 3.94. The Morgan fingerprint density at radius 1 is 1.04 bits per heavy atom. The molecule has 0 aliphatic rings. The average molecular weight is 322 g/mol. The Bertz CT molecular complexity index is 855. The van der Waals surface area contributed by atoms with Crippen molar-refractivity contribution in [3.05, 3.63) is 71.9 Å². The van der Waals surface area contributed by atoms with Gasteiger partial charge in [0, 0.05) is 23.5 Å². The Hall–Kier alpha value is -3.08. The first-order valence-electron chi connectivity index (χ1n) is 7.74. The van der Waals surface area contributed by atoms with E-state index in [0.717, 1.165) is 22.0 Å². The molecule has 0 bridgehead atoms. The van der Waals surface area contributed by atoms with Gasteiger partial charge in [-0.15, -0.1) is 0 Å². The van der Waals surface area contributed by atoms with Gasteiger partial charge in [-0.3, -0.25) is 4.79 Å². The highest BCUT2D eigenvalue weighted by Crippen LogP contribution is 2.19. The summed E-state index contributed by atoms with van der Waals surface area (Å²) in [7, 11) is 0. The van der Waals surface area contributed by atoms with E-state index in [-0.39, 0.29) is 18.7 Å². The summed E-state index contributed by atoms with van der Waals surface area (Å²) >= 11 is 0. The lowest BCUT2D eigenvalue weighted by Gasteiger charge is -2.14. The first-order valence-corrected chi connectivity index (χ1v) is 7.74. The monoisotopic (exact) mass is 322 g/mol. The van der Waals surface area contributed by atoms with E-state index < -0.39 is 12.0 Å². The van der Waals surface area contributed by atoms with E-state index in [1.54, 1.807) is 6.20 Å². The third-order valence-corrected chi connectivity index (χ3v) is 3.94. The number of nitrogens with one attached hydrogen (secondary N) is 2. The summed E-state index contributed by atoms with van der Waals surface area (Å²) in [6.45, 7) is 0. The Balaban J connectivity index is 1.71. The van der Waals surface area contributed by atoms with Crippen LogP contribution >= 0.6 is 0 Å². The largest absolute Gasteiger partial charge is 0.480 e. The molecule has 2 aromatic carbocycles. The van der Waals surface area contributed by atoms with Gasteiger partial charge < -0.3 is 15.4 Å². The number of benzene rings is 2. The number of fused-ring (bicyclic) bond motifs is 1. The molecule has 0 aliphatic carbocycles. The van der Waals surface area contributed by atoms with E-state index in [0.29, 0.717) is 0 Å². The predicted octanol–water partition coefficient (Wildman–Crippen LogP) is 2.52. The molecular weight excluding hydrogens is 304 g/mol. The van der Waals surface area contributed by atoms with Crippen LogP contribution in [0.1, 0.15) is 11.1 Å². The smallest absolute Gasteiger partial charge is 0.326 e. The molecule has 0 aliphatic heterocycles.